The van der Waals surface area contributed by atoms with Crippen LogP contribution in [0.5, 0.6) is 0 Å². The van der Waals surface area contributed by atoms with Gasteiger partial charge in [-0.05, 0) is 62.1 Å². The zero-order valence-corrected chi connectivity index (χ0v) is 22.2. The van der Waals surface area contributed by atoms with E-state index in [1.807, 2.05) is 20.8 Å². The average molecular weight is 531 g/mol. The van der Waals surface area contributed by atoms with Gasteiger partial charge in [0.05, 0.1) is 24.3 Å². The number of carbonyl (C=O) groups is 3. The molecular weight excluding hydrogens is 497 g/mol. The SMILES string of the molecule is CCOC(=O)C1=C(C)N(Cc2cccc(C(=O)NC(C)C(C)C)c2)C(=O)CC1c1ccc(C(F)(F)F)cc1. The molecule has 2 aromatic rings. The highest BCUT2D eigenvalue weighted by atomic mass is 19.4. The largest absolute Gasteiger partial charge is 0.463 e. The lowest BCUT2D eigenvalue weighted by Crippen LogP contribution is -2.38. The molecule has 0 fully saturated rings. The Hall–Kier alpha value is -3.62. The molecule has 0 aromatic heterocycles. The third-order valence-corrected chi connectivity index (χ3v) is 6.85. The molecule has 38 heavy (non-hydrogen) atoms. The minimum absolute atomic E-state index is 0.0192. The van der Waals surface area contributed by atoms with Crippen molar-refractivity contribution >= 4 is 17.8 Å². The predicted octanol–water partition coefficient (Wildman–Crippen LogP) is 5.83. The maximum absolute atomic E-state index is 13.3. The van der Waals surface area contributed by atoms with E-state index in [1.54, 1.807) is 38.1 Å². The summed E-state index contributed by atoms with van der Waals surface area (Å²) in [6.07, 6.45) is -4.60. The minimum atomic E-state index is -4.49. The smallest absolute Gasteiger partial charge is 0.416 e. The molecule has 0 spiro atoms. The van der Waals surface area contributed by atoms with Crippen LogP contribution in [0.15, 0.2) is 59.8 Å². The van der Waals surface area contributed by atoms with Crippen molar-refractivity contribution in [1.82, 2.24) is 10.2 Å². The van der Waals surface area contributed by atoms with Crippen molar-refractivity contribution in [3.63, 3.8) is 0 Å². The van der Waals surface area contributed by atoms with Crippen LogP contribution < -0.4 is 5.32 Å². The van der Waals surface area contributed by atoms with Crippen molar-refractivity contribution in [3.05, 3.63) is 82.1 Å². The van der Waals surface area contributed by atoms with E-state index in [2.05, 4.69) is 5.32 Å². The van der Waals surface area contributed by atoms with E-state index in [0.717, 1.165) is 12.1 Å². The average Bonchev–Trinajstić information content (AvgIpc) is 2.86. The number of carbonyl (C=O) groups excluding carboxylic acids is 3. The van der Waals surface area contributed by atoms with E-state index in [1.165, 1.54) is 17.0 Å². The zero-order chi connectivity index (χ0) is 28.2. The number of ether oxygens (including phenoxy) is 1. The fourth-order valence-corrected chi connectivity index (χ4v) is 4.32. The van der Waals surface area contributed by atoms with Crippen LogP contribution in [0.4, 0.5) is 13.2 Å². The summed E-state index contributed by atoms with van der Waals surface area (Å²) < 4.78 is 44.4. The molecule has 0 saturated carbocycles. The number of alkyl halides is 3. The van der Waals surface area contributed by atoms with Gasteiger partial charge in [0, 0.05) is 29.6 Å². The molecule has 6 nitrogen and oxygen atoms in total. The maximum atomic E-state index is 13.3. The quantitative estimate of drug-likeness (QED) is 0.436. The third kappa shape index (κ3) is 6.62. The molecule has 1 aliphatic rings. The molecule has 0 bridgehead atoms. The lowest BCUT2D eigenvalue weighted by Gasteiger charge is -2.34. The van der Waals surface area contributed by atoms with Gasteiger partial charge in [0.2, 0.25) is 5.91 Å². The van der Waals surface area contributed by atoms with Gasteiger partial charge in [0.15, 0.2) is 0 Å². The van der Waals surface area contributed by atoms with E-state index in [9.17, 15) is 27.6 Å². The number of hydrogen-bond donors (Lipinski definition) is 1. The Bertz CT molecular complexity index is 1220. The lowest BCUT2D eigenvalue weighted by atomic mass is 9.83. The second kappa shape index (κ2) is 11.8. The summed E-state index contributed by atoms with van der Waals surface area (Å²) in [5, 5.41) is 2.96. The standard InChI is InChI=1S/C29H33F3N2O4/c1-6-38-28(37)26-19(5)34(16-20-8-7-9-22(14-20)27(36)33-18(4)17(2)3)25(35)15-24(26)21-10-12-23(13-11-21)29(30,31)32/h7-14,17-18,24H,6,15-16H2,1-5H3,(H,33,36). The molecule has 0 saturated heterocycles. The first-order chi connectivity index (χ1) is 17.8. The number of hydrogen-bond acceptors (Lipinski definition) is 4. The van der Waals surface area contributed by atoms with Gasteiger partial charge in [-0.3, -0.25) is 9.59 Å². The van der Waals surface area contributed by atoms with E-state index >= 15 is 0 Å². The van der Waals surface area contributed by atoms with Crippen molar-refractivity contribution in [2.24, 2.45) is 5.92 Å². The van der Waals surface area contributed by atoms with Crippen molar-refractivity contribution < 1.29 is 32.3 Å². The monoisotopic (exact) mass is 530 g/mol. The normalized spacial score (nSPS) is 17.0. The Labute approximate surface area is 220 Å². The van der Waals surface area contributed by atoms with E-state index < -0.39 is 23.6 Å². The van der Waals surface area contributed by atoms with Gasteiger partial charge in [-0.25, -0.2) is 4.79 Å². The molecule has 1 N–H and O–H groups in total. The number of nitrogens with zero attached hydrogens (tertiary/aromatic N) is 1. The molecular formula is C29H33F3N2O4. The van der Waals surface area contributed by atoms with Gasteiger partial charge in [0.1, 0.15) is 0 Å². The highest BCUT2D eigenvalue weighted by molar-refractivity contribution is 5.96. The fourth-order valence-electron chi connectivity index (χ4n) is 4.32. The summed E-state index contributed by atoms with van der Waals surface area (Å²) in [6, 6.07) is 11.4. The van der Waals surface area contributed by atoms with Gasteiger partial charge in [-0.15, -0.1) is 0 Å². The molecule has 9 heteroatoms. The van der Waals surface area contributed by atoms with Crippen molar-refractivity contribution in [1.29, 1.82) is 0 Å². The Balaban J connectivity index is 1.93. The van der Waals surface area contributed by atoms with Crippen molar-refractivity contribution in [3.8, 4) is 0 Å². The van der Waals surface area contributed by atoms with Crippen LogP contribution in [0.2, 0.25) is 0 Å². The summed E-state index contributed by atoms with van der Waals surface area (Å²) >= 11 is 0. The number of allylic oxidation sites excluding steroid dienone is 1. The summed E-state index contributed by atoms with van der Waals surface area (Å²) in [7, 11) is 0. The number of esters is 1. The Morgan fingerprint density at radius 2 is 1.76 bits per heavy atom. The Kier molecular flexibility index (Phi) is 9.01. The number of amides is 2. The molecule has 204 valence electrons. The first-order valence-electron chi connectivity index (χ1n) is 12.6. The van der Waals surface area contributed by atoms with Crippen LogP contribution in [0.25, 0.3) is 0 Å². The van der Waals surface area contributed by atoms with Gasteiger partial charge in [-0.2, -0.15) is 13.2 Å². The highest BCUT2D eigenvalue weighted by Crippen LogP contribution is 2.39. The van der Waals surface area contributed by atoms with Crippen LogP contribution in [0.3, 0.4) is 0 Å². The molecule has 0 radical (unpaired) electrons. The van der Waals surface area contributed by atoms with E-state index in [0.29, 0.717) is 22.4 Å². The number of benzene rings is 2. The zero-order valence-electron chi connectivity index (χ0n) is 22.2. The highest BCUT2D eigenvalue weighted by Gasteiger charge is 2.37. The predicted molar refractivity (Wildman–Crippen MR) is 137 cm³/mol. The molecule has 2 unspecified atom stereocenters. The number of nitrogens with one attached hydrogen (secondary N) is 1. The van der Waals surface area contributed by atoms with Gasteiger partial charge >= 0.3 is 12.1 Å². The summed E-state index contributed by atoms with van der Waals surface area (Å²) in [5.74, 6) is -1.61. The lowest BCUT2D eigenvalue weighted by molar-refractivity contribution is -0.140. The third-order valence-electron chi connectivity index (χ3n) is 6.85. The van der Waals surface area contributed by atoms with Crippen LogP contribution in [0.1, 0.15) is 74.0 Å². The molecule has 3 rings (SSSR count). The van der Waals surface area contributed by atoms with E-state index in [-0.39, 0.29) is 48.9 Å². The second-order valence-electron chi connectivity index (χ2n) is 9.78. The first-order valence-corrected chi connectivity index (χ1v) is 12.6. The fraction of sp³-hybridized carbons (Fsp3) is 0.414. The second-order valence-corrected chi connectivity index (χ2v) is 9.78. The van der Waals surface area contributed by atoms with E-state index in [4.69, 9.17) is 4.74 Å². The molecule has 1 heterocycles. The van der Waals surface area contributed by atoms with Crippen LogP contribution in [0, 0.1) is 5.92 Å². The summed E-state index contributed by atoms with van der Waals surface area (Å²) in [6.45, 7) is 9.46. The topological polar surface area (TPSA) is 75.7 Å². The van der Waals surface area contributed by atoms with Gasteiger partial charge < -0.3 is 15.0 Å². The van der Waals surface area contributed by atoms with Crippen LogP contribution in [-0.2, 0) is 27.0 Å². The maximum Gasteiger partial charge on any atom is 0.416 e. The van der Waals surface area contributed by atoms with Gasteiger partial charge in [-0.1, -0.05) is 38.1 Å². The Morgan fingerprint density at radius 1 is 1.11 bits per heavy atom. The van der Waals surface area contributed by atoms with Crippen molar-refractivity contribution in [2.75, 3.05) is 6.61 Å². The molecule has 1 aliphatic heterocycles. The molecule has 2 amide bonds. The minimum Gasteiger partial charge on any atom is -0.463 e. The van der Waals surface area contributed by atoms with Crippen molar-refractivity contribution in [2.45, 2.75) is 65.7 Å². The van der Waals surface area contributed by atoms with Gasteiger partial charge in [0.25, 0.3) is 5.91 Å². The van der Waals surface area contributed by atoms with Crippen LogP contribution in [-0.4, -0.2) is 35.3 Å². The Morgan fingerprint density at radius 3 is 2.34 bits per heavy atom. The summed E-state index contributed by atoms with van der Waals surface area (Å²) in [5.41, 5.74) is 1.35. The summed E-state index contributed by atoms with van der Waals surface area (Å²) in [4.78, 5) is 40.4. The molecule has 2 aromatic carbocycles. The number of halogens is 3. The molecule has 0 aliphatic carbocycles. The first kappa shape index (κ1) is 28.9. The number of rotatable bonds is 8. The van der Waals surface area contributed by atoms with Crippen LogP contribution >= 0.6 is 0 Å². The molecule has 2 atom stereocenters.